The molecule has 176 valence electrons. The largest absolute Gasteiger partial charge is 0.353 e. The van der Waals surface area contributed by atoms with E-state index in [9.17, 15) is 19.7 Å². The SMILES string of the molecule is Cn1cccc1CN(Cc1ccccc1)C(=O)CN(C(=O)c1ccc([N+](=O)[O-])cc1Cl)C1CC1. The lowest BCUT2D eigenvalue weighted by Crippen LogP contribution is -2.43. The summed E-state index contributed by atoms with van der Waals surface area (Å²) in [5, 5.41) is 11.0. The van der Waals surface area contributed by atoms with Gasteiger partial charge < -0.3 is 14.4 Å². The summed E-state index contributed by atoms with van der Waals surface area (Å²) in [5.41, 5.74) is 1.94. The van der Waals surface area contributed by atoms with Gasteiger partial charge in [0.05, 0.1) is 22.1 Å². The van der Waals surface area contributed by atoms with Gasteiger partial charge in [-0.25, -0.2) is 0 Å². The highest BCUT2D eigenvalue weighted by Crippen LogP contribution is 2.31. The van der Waals surface area contributed by atoms with Crippen LogP contribution in [0.2, 0.25) is 5.02 Å². The molecule has 2 amide bonds. The lowest BCUT2D eigenvalue weighted by atomic mass is 10.1. The van der Waals surface area contributed by atoms with Crippen LogP contribution < -0.4 is 0 Å². The average molecular weight is 481 g/mol. The van der Waals surface area contributed by atoms with E-state index in [1.54, 1.807) is 9.80 Å². The van der Waals surface area contributed by atoms with Crippen LogP contribution in [-0.4, -0.2) is 43.7 Å². The molecule has 1 aromatic heterocycles. The Kier molecular flexibility index (Phi) is 6.98. The number of aryl methyl sites for hydroxylation is 1. The third-order valence-electron chi connectivity index (χ3n) is 5.92. The first-order valence-corrected chi connectivity index (χ1v) is 11.4. The van der Waals surface area contributed by atoms with Gasteiger partial charge >= 0.3 is 0 Å². The number of halogens is 1. The van der Waals surface area contributed by atoms with E-state index in [1.807, 2.05) is 60.3 Å². The zero-order chi connectivity index (χ0) is 24.2. The van der Waals surface area contributed by atoms with Crippen molar-refractivity contribution >= 4 is 29.1 Å². The van der Waals surface area contributed by atoms with Crippen molar-refractivity contribution in [3.8, 4) is 0 Å². The molecule has 0 N–H and O–H groups in total. The lowest BCUT2D eigenvalue weighted by Gasteiger charge is -2.28. The third kappa shape index (κ3) is 5.46. The Balaban J connectivity index is 1.56. The molecule has 0 unspecified atom stereocenters. The molecule has 0 radical (unpaired) electrons. The maximum atomic E-state index is 13.5. The predicted octanol–water partition coefficient (Wildman–Crippen LogP) is 4.42. The highest BCUT2D eigenvalue weighted by Gasteiger charge is 2.36. The van der Waals surface area contributed by atoms with Gasteiger partial charge in [-0.3, -0.25) is 19.7 Å². The monoisotopic (exact) mass is 480 g/mol. The van der Waals surface area contributed by atoms with Gasteiger partial charge in [-0.05, 0) is 36.6 Å². The van der Waals surface area contributed by atoms with E-state index in [4.69, 9.17) is 11.6 Å². The van der Waals surface area contributed by atoms with Gasteiger partial charge in [0, 0.05) is 43.7 Å². The molecule has 4 rings (SSSR count). The van der Waals surface area contributed by atoms with Crippen LogP contribution in [0.25, 0.3) is 0 Å². The molecule has 2 aromatic carbocycles. The zero-order valence-electron chi connectivity index (χ0n) is 18.8. The third-order valence-corrected chi connectivity index (χ3v) is 6.23. The van der Waals surface area contributed by atoms with Crippen molar-refractivity contribution in [3.05, 3.63) is 98.8 Å². The Morgan fingerprint density at radius 2 is 1.82 bits per heavy atom. The Hall–Kier alpha value is -3.65. The summed E-state index contributed by atoms with van der Waals surface area (Å²) >= 11 is 6.21. The highest BCUT2D eigenvalue weighted by atomic mass is 35.5. The van der Waals surface area contributed by atoms with E-state index in [2.05, 4.69) is 0 Å². The molecule has 1 aliphatic rings. The number of non-ortho nitro benzene ring substituents is 1. The minimum atomic E-state index is -0.562. The van der Waals surface area contributed by atoms with Gasteiger partial charge in [-0.15, -0.1) is 0 Å². The van der Waals surface area contributed by atoms with E-state index in [-0.39, 0.29) is 34.8 Å². The van der Waals surface area contributed by atoms with Crippen LogP contribution in [0.4, 0.5) is 5.69 Å². The van der Waals surface area contributed by atoms with Crippen molar-refractivity contribution in [2.24, 2.45) is 7.05 Å². The molecule has 0 aliphatic heterocycles. The molecule has 0 spiro atoms. The first-order chi connectivity index (χ1) is 16.3. The van der Waals surface area contributed by atoms with Crippen molar-refractivity contribution in [2.45, 2.75) is 32.0 Å². The molecule has 1 aliphatic carbocycles. The maximum Gasteiger partial charge on any atom is 0.270 e. The van der Waals surface area contributed by atoms with Gasteiger partial charge in [0.1, 0.15) is 6.54 Å². The fourth-order valence-corrected chi connectivity index (χ4v) is 4.09. The minimum absolute atomic E-state index is 0.00208. The van der Waals surface area contributed by atoms with Crippen molar-refractivity contribution in [1.29, 1.82) is 0 Å². The van der Waals surface area contributed by atoms with Gasteiger partial charge in [0.25, 0.3) is 11.6 Å². The number of rotatable bonds is 9. The van der Waals surface area contributed by atoms with Crippen molar-refractivity contribution in [3.63, 3.8) is 0 Å². The van der Waals surface area contributed by atoms with E-state index < -0.39 is 10.8 Å². The number of benzene rings is 2. The molecule has 1 fully saturated rings. The van der Waals surface area contributed by atoms with Gasteiger partial charge in [0.15, 0.2) is 0 Å². The van der Waals surface area contributed by atoms with E-state index in [0.29, 0.717) is 13.1 Å². The maximum absolute atomic E-state index is 13.5. The highest BCUT2D eigenvalue weighted by molar-refractivity contribution is 6.34. The Morgan fingerprint density at radius 1 is 1.09 bits per heavy atom. The fraction of sp³-hybridized carbons (Fsp3) is 0.280. The Labute approximate surface area is 202 Å². The number of nitro groups is 1. The normalized spacial score (nSPS) is 12.9. The zero-order valence-corrected chi connectivity index (χ0v) is 19.5. The Bertz CT molecular complexity index is 1210. The minimum Gasteiger partial charge on any atom is -0.353 e. The van der Waals surface area contributed by atoms with Crippen LogP contribution in [0, 0.1) is 10.1 Å². The van der Waals surface area contributed by atoms with Crippen LogP contribution in [0.15, 0.2) is 66.9 Å². The van der Waals surface area contributed by atoms with E-state index >= 15 is 0 Å². The van der Waals surface area contributed by atoms with Crippen LogP contribution in [0.5, 0.6) is 0 Å². The molecular formula is C25H25ClN4O4. The number of amides is 2. The summed E-state index contributed by atoms with van der Waals surface area (Å²) in [6.45, 7) is 0.728. The number of nitro benzene ring substituents is 1. The van der Waals surface area contributed by atoms with E-state index in [0.717, 1.165) is 24.1 Å². The molecule has 3 aromatic rings. The molecule has 8 nitrogen and oxygen atoms in total. The van der Waals surface area contributed by atoms with Crippen molar-refractivity contribution in [2.75, 3.05) is 6.54 Å². The quantitative estimate of drug-likeness (QED) is 0.335. The molecule has 0 saturated heterocycles. The lowest BCUT2D eigenvalue weighted by molar-refractivity contribution is -0.384. The molecule has 1 saturated carbocycles. The second kappa shape index (κ2) is 10.1. The average Bonchev–Trinajstić information content (AvgIpc) is 3.59. The van der Waals surface area contributed by atoms with Crippen LogP contribution >= 0.6 is 11.6 Å². The standard InChI is InChI=1S/C25H25ClN4O4/c1-27-13-5-8-21(27)16-28(15-18-6-3-2-4-7-18)24(31)17-29(19-9-10-19)25(32)22-12-11-20(30(33)34)14-23(22)26/h2-8,11-14,19H,9-10,15-17H2,1H3. The Morgan fingerprint density at radius 3 is 2.41 bits per heavy atom. The summed E-state index contributed by atoms with van der Waals surface area (Å²) in [5.74, 6) is -0.572. The van der Waals surface area contributed by atoms with Crippen LogP contribution in [0.3, 0.4) is 0 Å². The molecule has 0 bridgehead atoms. The smallest absolute Gasteiger partial charge is 0.270 e. The topological polar surface area (TPSA) is 88.7 Å². The second-order valence-corrected chi connectivity index (χ2v) is 8.84. The number of hydrogen-bond donors (Lipinski definition) is 0. The van der Waals surface area contributed by atoms with Gasteiger partial charge in [-0.2, -0.15) is 0 Å². The number of nitrogens with zero attached hydrogens (tertiary/aromatic N) is 4. The number of aromatic nitrogens is 1. The summed E-state index contributed by atoms with van der Waals surface area (Å²) in [6.07, 6.45) is 3.54. The van der Waals surface area contributed by atoms with Crippen LogP contribution in [-0.2, 0) is 24.9 Å². The van der Waals surface area contributed by atoms with Crippen molar-refractivity contribution < 1.29 is 14.5 Å². The molecule has 0 atom stereocenters. The van der Waals surface area contributed by atoms with Crippen LogP contribution in [0.1, 0.15) is 34.5 Å². The van der Waals surface area contributed by atoms with E-state index in [1.165, 1.54) is 18.2 Å². The number of hydrogen-bond acceptors (Lipinski definition) is 4. The molecule has 34 heavy (non-hydrogen) atoms. The first-order valence-electron chi connectivity index (χ1n) is 11.0. The fourth-order valence-electron chi connectivity index (χ4n) is 3.84. The van der Waals surface area contributed by atoms with Gasteiger partial charge in [0.2, 0.25) is 5.91 Å². The first kappa shape index (κ1) is 23.5. The van der Waals surface area contributed by atoms with Gasteiger partial charge in [-0.1, -0.05) is 41.9 Å². The molecule has 1 heterocycles. The predicted molar refractivity (Wildman–Crippen MR) is 128 cm³/mol. The summed E-state index contributed by atoms with van der Waals surface area (Å²) in [6, 6.07) is 17.3. The number of carbonyl (C=O) groups is 2. The van der Waals surface area contributed by atoms with Crippen molar-refractivity contribution in [1.82, 2.24) is 14.4 Å². The summed E-state index contributed by atoms with van der Waals surface area (Å²) in [7, 11) is 1.93. The molecule has 9 heteroatoms. The molecular weight excluding hydrogens is 456 g/mol. The number of carbonyl (C=O) groups excluding carboxylic acids is 2. The summed E-state index contributed by atoms with van der Waals surface area (Å²) < 4.78 is 1.96. The second-order valence-electron chi connectivity index (χ2n) is 8.43. The summed E-state index contributed by atoms with van der Waals surface area (Å²) in [4.78, 5) is 40.5.